The van der Waals surface area contributed by atoms with E-state index in [0.29, 0.717) is 5.82 Å². The van der Waals surface area contributed by atoms with E-state index in [1.807, 2.05) is 0 Å². The van der Waals surface area contributed by atoms with Gasteiger partial charge in [0.1, 0.15) is 11.6 Å². The van der Waals surface area contributed by atoms with Crippen LogP contribution < -0.4 is 10.6 Å². The fourth-order valence-electron chi connectivity index (χ4n) is 1.23. The van der Waals surface area contributed by atoms with Gasteiger partial charge in [0.15, 0.2) is 5.82 Å². The number of nitrogens with zero attached hydrogens (tertiary/aromatic N) is 4. The molecule has 0 aliphatic rings. The molecule has 0 spiro atoms. The van der Waals surface area contributed by atoms with Crippen LogP contribution in [0, 0.1) is 0 Å². The number of hydrogen-bond donors (Lipinski definition) is 2. The molecule has 2 heterocycles. The van der Waals surface area contributed by atoms with Crippen LogP contribution in [-0.4, -0.2) is 27.2 Å². The summed E-state index contributed by atoms with van der Waals surface area (Å²) in [6, 6.07) is 1.34. The van der Waals surface area contributed by atoms with Crippen molar-refractivity contribution in [2.45, 2.75) is 12.7 Å². The Hall–Kier alpha value is -2.39. The number of rotatable bonds is 4. The SMILES string of the molecule is CNc1cc(NCc2ncon2)nc(C(F)(F)F)n1. The third-order valence-electron chi connectivity index (χ3n) is 2.07. The van der Waals surface area contributed by atoms with Crippen molar-refractivity contribution in [1.29, 1.82) is 0 Å². The lowest BCUT2D eigenvalue weighted by Crippen LogP contribution is -2.14. The van der Waals surface area contributed by atoms with Gasteiger partial charge in [-0.3, -0.25) is 0 Å². The van der Waals surface area contributed by atoms with Crippen molar-refractivity contribution >= 4 is 11.6 Å². The van der Waals surface area contributed by atoms with Crippen LogP contribution >= 0.6 is 0 Å². The number of alkyl halides is 3. The molecule has 0 aliphatic carbocycles. The lowest BCUT2D eigenvalue weighted by atomic mass is 10.4. The van der Waals surface area contributed by atoms with Gasteiger partial charge in [0.2, 0.25) is 12.2 Å². The summed E-state index contributed by atoms with van der Waals surface area (Å²) in [5.74, 6) is -0.859. The highest BCUT2D eigenvalue weighted by Gasteiger charge is 2.35. The van der Waals surface area contributed by atoms with Crippen LogP contribution in [0.25, 0.3) is 0 Å². The van der Waals surface area contributed by atoms with E-state index >= 15 is 0 Å². The summed E-state index contributed by atoms with van der Waals surface area (Å²) >= 11 is 0. The Morgan fingerprint density at radius 2 is 2.00 bits per heavy atom. The Balaban J connectivity index is 2.19. The van der Waals surface area contributed by atoms with E-state index in [4.69, 9.17) is 0 Å². The Morgan fingerprint density at radius 1 is 1.26 bits per heavy atom. The van der Waals surface area contributed by atoms with Crippen molar-refractivity contribution in [1.82, 2.24) is 20.1 Å². The molecular formula is C9H9F3N6O. The van der Waals surface area contributed by atoms with E-state index in [1.54, 1.807) is 0 Å². The molecule has 0 saturated heterocycles. The van der Waals surface area contributed by atoms with Gasteiger partial charge in [0.05, 0.1) is 6.54 Å². The maximum absolute atomic E-state index is 12.6. The molecule has 0 bridgehead atoms. The van der Waals surface area contributed by atoms with Crippen LogP contribution in [0.2, 0.25) is 0 Å². The van der Waals surface area contributed by atoms with Crippen LogP contribution in [0.4, 0.5) is 24.8 Å². The first-order valence-corrected chi connectivity index (χ1v) is 5.12. The van der Waals surface area contributed by atoms with Gasteiger partial charge in [0, 0.05) is 13.1 Å². The van der Waals surface area contributed by atoms with Crippen LogP contribution in [-0.2, 0) is 12.7 Å². The first-order valence-electron chi connectivity index (χ1n) is 5.12. The zero-order chi connectivity index (χ0) is 13.9. The van der Waals surface area contributed by atoms with Gasteiger partial charge in [-0.1, -0.05) is 5.16 Å². The zero-order valence-electron chi connectivity index (χ0n) is 9.69. The summed E-state index contributed by atoms with van der Waals surface area (Å²) in [4.78, 5) is 10.4. The molecular weight excluding hydrogens is 265 g/mol. The second kappa shape index (κ2) is 5.08. The van der Waals surface area contributed by atoms with E-state index < -0.39 is 12.0 Å². The summed E-state index contributed by atoms with van der Waals surface area (Å²) in [6.45, 7) is 0.0912. The minimum atomic E-state index is -4.62. The smallest absolute Gasteiger partial charge is 0.373 e. The van der Waals surface area contributed by atoms with E-state index in [1.165, 1.54) is 13.1 Å². The van der Waals surface area contributed by atoms with Gasteiger partial charge in [-0.25, -0.2) is 9.97 Å². The topological polar surface area (TPSA) is 88.8 Å². The Morgan fingerprint density at radius 3 is 2.58 bits per heavy atom. The van der Waals surface area contributed by atoms with Gasteiger partial charge >= 0.3 is 6.18 Å². The molecule has 0 radical (unpaired) electrons. The minimum absolute atomic E-state index is 0.0106. The number of halogens is 3. The highest BCUT2D eigenvalue weighted by molar-refractivity contribution is 5.47. The summed E-state index contributed by atoms with van der Waals surface area (Å²) in [7, 11) is 1.46. The summed E-state index contributed by atoms with van der Waals surface area (Å²) in [5, 5.41) is 8.71. The molecule has 0 fully saturated rings. The monoisotopic (exact) mass is 274 g/mol. The first-order chi connectivity index (χ1) is 8.99. The average Bonchev–Trinajstić information content (AvgIpc) is 2.88. The Kier molecular flexibility index (Phi) is 3.49. The lowest BCUT2D eigenvalue weighted by Gasteiger charge is -2.10. The van der Waals surface area contributed by atoms with Crippen LogP contribution in [0.5, 0.6) is 0 Å². The van der Waals surface area contributed by atoms with Gasteiger partial charge in [0.25, 0.3) is 0 Å². The van der Waals surface area contributed by atoms with Gasteiger partial charge in [-0.2, -0.15) is 18.2 Å². The molecule has 0 aromatic carbocycles. The molecule has 2 rings (SSSR count). The fraction of sp³-hybridized carbons (Fsp3) is 0.333. The van der Waals surface area contributed by atoms with Crippen molar-refractivity contribution in [2.24, 2.45) is 0 Å². The van der Waals surface area contributed by atoms with Crippen LogP contribution in [0.15, 0.2) is 17.0 Å². The van der Waals surface area contributed by atoms with Crippen LogP contribution in [0.3, 0.4) is 0 Å². The van der Waals surface area contributed by atoms with E-state index in [9.17, 15) is 13.2 Å². The highest BCUT2D eigenvalue weighted by Crippen LogP contribution is 2.28. The third kappa shape index (κ3) is 3.30. The second-order valence-corrected chi connectivity index (χ2v) is 3.41. The molecule has 0 amide bonds. The molecule has 19 heavy (non-hydrogen) atoms. The largest absolute Gasteiger partial charge is 0.451 e. The van der Waals surface area contributed by atoms with Gasteiger partial charge in [-0.05, 0) is 0 Å². The zero-order valence-corrected chi connectivity index (χ0v) is 9.69. The standard InChI is InChI=1S/C9H9F3N6O/c1-13-5-2-6(14-3-7-15-4-19-18-7)17-8(16-5)9(10,11)12/h2,4H,3H2,1H3,(H2,13,14,16,17). The van der Waals surface area contributed by atoms with Crippen molar-refractivity contribution in [3.05, 3.63) is 24.1 Å². The molecule has 2 N–H and O–H groups in total. The van der Waals surface area contributed by atoms with Crippen LogP contribution in [0.1, 0.15) is 11.6 Å². The number of anilines is 2. The number of nitrogens with one attached hydrogen (secondary N) is 2. The molecule has 7 nitrogen and oxygen atoms in total. The molecule has 102 valence electrons. The van der Waals surface area contributed by atoms with E-state index in [-0.39, 0.29) is 18.2 Å². The van der Waals surface area contributed by atoms with Crippen molar-refractivity contribution in [2.75, 3.05) is 17.7 Å². The molecule has 2 aromatic heterocycles. The molecule has 0 aliphatic heterocycles. The molecule has 0 atom stereocenters. The normalized spacial score (nSPS) is 11.4. The third-order valence-corrected chi connectivity index (χ3v) is 2.07. The average molecular weight is 274 g/mol. The maximum Gasteiger partial charge on any atom is 0.451 e. The first kappa shape index (κ1) is 13.1. The summed E-state index contributed by atoms with van der Waals surface area (Å²) in [6.07, 6.45) is -3.49. The van der Waals surface area contributed by atoms with Gasteiger partial charge < -0.3 is 15.2 Å². The summed E-state index contributed by atoms with van der Waals surface area (Å²) < 4.78 is 42.2. The predicted molar refractivity (Wildman–Crippen MR) is 58.2 cm³/mol. The minimum Gasteiger partial charge on any atom is -0.373 e. The Labute approximate surface area is 105 Å². The molecule has 0 unspecified atom stereocenters. The molecule has 10 heteroatoms. The van der Waals surface area contributed by atoms with Crippen molar-refractivity contribution < 1.29 is 17.7 Å². The molecule has 0 saturated carbocycles. The second-order valence-electron chi connectivity index (χ2n) is 3.41. The highest BCUT2D eigenvalue weighted by atomic mass is 19.4. The van der Waals surface area contributed by atoms with Crippen molar-refractivity contribution in [3.63, 3.8) is 0 Å². The summed E-state index contributed by atoms with van der Waals surface area (Å²) in [5.41, 5.74) is 0. The van der Waals surface area contributed by atoms with Gasteiger partial charge in [-0.15, -0.1) is 0 Å². The fourth-order valence-corrected chi connectivity index (χ4v) is 1.23. The quantitative estimate of drug-likeness (QED) is 0.873. The maximum atomic E-state index is 12.6. The lowest BCUT2D eigenvalue weighted by molar-refractivity contribution is -0.144. The van der Waals surface area contributed by atoms with E-state index in [2.05, 4.69) is 35.3 Å². The number of aromatic nitrogens is 4. The molecule has 2 aromatic rings. The van der Waals surface area contributed by atoms with Crippen molar-refractivity contribution in [3.8, 4) is 0 Å². The van der Waals surface area contributed by atoms with E-state index in [0.717, 1.165) is 6.39 Å². The number of hydrogen-bond acceptors (Lipinski definition) is 7. The predicted octanol–water partition coefficient (Wildman–Crippen LogP) is 1.53. The Bertz CT molecular complexity index is 541.